The van der Waals surface area contributed by atoms with Gasteiger partial charge in [0.05, 0.1) is 13.5 Å². The van der Waals surface area contributed by atoms with Crippen molar-refractivity contribution < 1.29 is 9.53 Å². The van der Waals surface area contributed by atoms with E-state index in [-0.39, 0.29) is 11.6 Å². The molecule has 0 saturated carbocycles. The molecule has 0 radical (unpaired) electrons. The Bertz CT molecular complexity index is 212. The van der Waals surface area contributed by atoms with Crippen molar-refractivity contribution in [2.45, 2.75) is 25.4 Å². The van der Waals surface area contributed by atoms with Crippen molar-refractivity contribution in [1.82, 2.24) is 0 Å². The zero-order valence-corrected chi connectivity index (χ0v) is 8.76. The van der Waals surface area contributed by atoms with Gasteiger partial charge in [-0.1, -0.05) is 0 Å². The summed E-state index contributed by atoms with van der Waals surface area (Å²) in [5, 5.41) is 7.81. The Kier molecular flexibility index (Phi) is 3.71. The van der Waals surface area contributed by atoms with Crippen molar-refractivity contribution in [1.29, 1.82) is 0 Å². The number of thioether (sulfide) groups is 1. The second kappa shape index (κ2) is 4.60. The first-order valence-electron chi connectivity index (χ1n) is 4.25. The number of methoxy groups -OCH3 is 1. The molecule has 0 unspecified atom stereocenters. The summed E-state index contributed by atoms with van der Waals surface area (Å²) in [6.45, 7) is 2.01. The number of nitrogens with zero attached hydrogens (tertiary/aromatic N) is 2. The van der Waals surface area contributed by atoms with Crippen molar-refractivity contribution in [2.24, 2.45) is 10.2 Å². The van der Waals surface area contributed by atoms with Gasteiger partial charge in [0.2, 0.25) is 0 Å². The summed E-state index contributed by atoms with van der Waals surface area (Å²) in [6.07, 6.45) is 1.46. The van der Waals surface area contributed by atoms with Crippen LogP contribution in [0.25, 0.3) is 0 Å². The summed E-state index contributed by atoms with van der Waals surface area (Å²) in [5.74, 6) is 1.68. The van der Waals surface area contributed by atoms with Crippen LogP contribution in [-0.4, -0.2) is 30.2 Å². The van der Waals surface area contributed by atoms with Crippen LogP contribution in [0.15, 0.2) is 10.2 Å². The predicted octanol–water partition coefficient (Wildman–Crippen LogP) is 1.85. The summed E-state index contributed by atoms with van der Waals surface area (Å²) >= 11 is 1.74. The molecule has 0 atom stereocenters. The molecule has 0 aliphatic carbocycles. The molecule has 1 aliphatic rings. The maximum atomic E-state index is 10.7. The summed E-state index contributed by atoms with van der Waals surface area (Å²) in [5.41, 5.74) is -0.0989. The molecule has 4 nitrogen and oxygen atoms in total. The van der Waals surface area contributed by atoms with E-state index in [0.717, 1.165) is 17.9 Å². The minimum Gasteiger partial charge on any atom is -0.469 e. The average molecular weight is 202 g/mol. The highest BCUT2D eigenvalue weighted by molar-refractivity contribution is 7.99. The van der Waals surface area contributed by atoms with Crippen molar-refractivity contribution in [3.8, 4) is 0 Å². The van der Waals surface area contributed by atoms with Crippen LogP contribution in [0, 0.1) is 0 Å². The summed E-state index contributed by atoms with van der Waals surface area (Å²) < 4.78 is 4.52. The molecular formula is C8H14N2O2S. The Morgan fingerprint density at radius 2 is 2.15 bits per heavy atom. The van der Waals surface area contributed by atoms with Crippen LogP contribution in [0.5, 0.6) is 0 Å². The Hall–Kier alpha value is -0.580. The van der Waals surface area contributed by atoms with Gasteiger partial charge in [-0.2, -0.15) is 22.0 Å². The lowest BCUT2D eigenvalue weighted by atomic mass is 10.2. The molecule has 0 bridgehead atoms. The third-order valence-corrected chi connectivity index (χ3v) is 2.83. The highest BCUT2D eigenvalue weighted by atomic mass is 32.2. The van der Waals surface area contributed by atoms with Gasteiger partial charge in [-0.05, 0) is 12.7 Å². The van der Waals surface area contributed by atoms with Crippen LogP contribution in [-0.2, 0) is 9.53 Å². The summed E-state index contributed by atoms with van der Waals surface area (Å²) in [6, 6.07) is 0. The lowest BCUT2D eigenvalue weighted by Crippen LogP contribution is -2.06. The van der Waals surface area contributed by atoms with E-state index in [1.54, 1.807) is 11.8 Å². The van der Waals surface area contributed by atoms with Gasteiger partial charge < -0.3 is 4.74 Å². The van der Waals surface area contributed by atoms with Gasteiger partial charge in [0.15, 0.2) is 5.66 Å². The highest BCUT2D eigenvalue weighted by Gasteiger charge is 2.32. The molecule has 74 valence electrons. The van der Waals surface area contributed by atoms with Crippen molar-refractivity contribution in [2.75, 3.05) is 18.6 Å². The molecule has 0 N–H and O–H groups in total. The first-order valence-corrected chi connectivity index (χ1v) is 5.40. The second-order valence-corrected chi connectivity index (χ2v) is 4.33. The van der Waals surface area contributed by atoms with Gasteiger partial charge in [-0.25, -0.2) is 0 Å². The normalized spacial score (nSPS) is 17.1. The van der Waals surface area contributed by atoms with E-state index in [1.807, 2.05) is 6.92 Å². The quantitative estimate of drug-likeness (QED) is 0.488. The van der Waals surface area contributed by atoms with Crippen LogP contribution >= 0.6 is 11.8 Å². The van der Waals surface area contributed by atoms with Crippen molar-refractivity contribution in [3.05, 3.63) is 0 Å². The largest absolute Gasteiger partial charge is 0.469 e. The molecule has 0 saturated heterocycles. The Morgan fingerprint density at radius 3 is 2.69 bits per heavy atom. The molecule has 1 aliphatic heterocycles. The van der Waals surface area contributed by atoms with E-state index < -0.39 is 0 Å². The van der Waals surface area contributed by atoms with Gasteiger partial charge in [0.25, 0.3) is 0 Å². The third-order valence-electron chi connectivity index (χ3n) is 1.84. The van der Waals surface area contributed by atoms with E-state index in [4.69, 9.17) is 0 Å². The zero-order chi connectivity index (χ0) is 9.73. The molecule has 0 aromatic rings. The van der Waals surface area contributed by atoms with Crippen LogP contribution in [0.3, 0.4) is 0 Å². The predicted molar refractivity (Wildman–Crippen MR) is 51.8 cm³/mol. The fourth-order valence-electron chi connectivity index (χ4n) is 0.810. The van der Waals surface area contributed by atoms with Gasteiger partial charge in [0, 0.05) is 12.2 Å². The van der Waals surface area contributed by atoms with Gasteiger partial charge in [-0.15, -0.1) is 0 Å². The van der Waals surface area contributed by atoms with Crippen LogP contribution in [0.4, 0.5) is 0 Å². The molecule has 0 spiro atoms. The molecule has 5 heteroatoms. The van der Waals surface area contributed by atoms with Gasteiger partial charge >= 0.3 is 5.97 Å². The highest BCUT2D eigenvalue weighted by Crippen LogP contribution is 2.31. The first kappa shape index (κ1) is 10.5. The number of hydrogen-bond acceptors (Lipinski definition) is 5. The summed E-state index contributed by atoms with van der Waals surface area (Å²) in [7, 11) is 1.41. The topological polar surface area (TPSA) is 51.0 Å². The molecule has 0 amide bonds. The van der Waals surface area contributed by atoms with Crippen molar-refractivity contribution >= 4 is 17.7 Å². The average Bonchev–Trinajstić information content (AvgIpc) is 2.83. The van der Waals surface area contributed by atoms with E-state index >= 15 is 0 Å². The number of esters is 1. The Morgan fingerprint density at radius 1 is 1.46 bits per heavy atom. The minimum absolute atomic E-state index is 0.0989. The van der Waals surface area contributed by atoms with E-state index in [2.05, 4.69) is 15.0 Å². The van der Waals surface area contributed by atoms with Gasteiger partial charge in [-0.3, -0.25) is 4.79 Å². The minimum atomic E-state index is -0.139. The number of hydrogen-bond donors (Lipinski definition) is 0. The maximum Gasteiger partial charge on any atom is 0.306 e. The standard InChI is InChI=1S/C8H14N2O2S/c1-8(9-10-8)4-6-13-5-3-7(11)12-2/h3-6H2,1-2H3. The second-order valence-electron chi connectivity index (χ2n) is 3.11. The third kappa shape index (κ3) is 4.26. The Labute approximate surface area is 82.1 Å². The molecular weight excluding hydrogens is 188 g/mol. The van der Waals surface area contributed by atoms with E-state index in [0.29, 0.717) is 6.42 Å². The lowest BCUT2D eigenvalue weighted by Gasteiger charge is -2.02. The molecule has 1 rings (SSSR count). The fraction of sp³-hybridized carbons (Fsp3) is 0.875. The number of ether oxygens (including phenoxy) is 1. The molecule has 0 aromatic heterocycles. The number of rotatable bonds is 6. The number of carbonyl (C=O) groups excluding carboxylic acids is 1. The zero-order valence-electron chi connectivity index (χ0n) is 7.95. The van der Waals surface area contributed by atoms with Crippen LogP contribution in [0.2, 0.25) is 0 Å². The monoisotopic (exact) mass is 202 g/mol. The van der Waals surface area contributed by atoms with E-state index in [1.165, 1.54) is 7.11 Å². The van der Waals surface area contributed by atoms with Gasteiger partial charge in [0.1, 0.15) is 0 Å². The maximum absolute atomic E-state index is 10.7. The number of carbonyl (C=O) groups is 1. The fourth-order valence-corrected chi connectivity index (χ4v) is 1.86. The summed E-state index contributed by atoms with van der Waals surface area (Å²) in [4.78, 5) is 10.7. The smallest absolute Gasteiger partial charge is 0.306 e. The van der Waals surface area contributed by atoms with Crippen LogP contribution in [0.1, 0.15) is 19.8 Å². The first-order chi connectivity index (χ1) is 6.16. The SMILES string of the molecule is COC(=O)CCSCCC1(C)N=N1. The molecule has 13 heavy (non-hydrogen) atoms. The lowest BCUT2D eigenvalue weighted by molar-refractivity contribution is -0.140. The van der Waals surface area contributed by atoms with E-state index in [9.17, 15) is 4.79 Å². The molecule has 0 aromatic carbocycles. The van der Waals surface area contributed by atoms with Crippen LogP contribution < -0.4 is 0 Å². The van der Waals surface area contributed by atoms with Crippen molar-refractivity contribution in [3.63, 3.8) is 0 Å². The molecule has 0 fully saturated rings. The Balaban J connectivity index is 1.87. The molecule has 1 heterocycles.